The van der Waals surface area contributed by atoms with Crippen LogP contribution in [0.5, 0.6) is 0 Å². The molecule has 0 saturated heterocycles. The molecule has 3 N–H and O–H groups in total. The number of hydrogen-bond donors (Lipinski definition) is 3. The maximum atomic E-state index is 8.74. The third-order valence-electron chi connectivity index (χ3n) is 1.16. The van der Waals surface area contributed by atoms with Gasteiger partial charge in [-0.25, -0.2) is 0 Å². The smallest absolute Gasteiger partial charge is 0 e. The Balaban J connectivity index is 0.000001000. The molecule has 0 aliphatic carbocycles. The van der Waals surface area contributed by atoms with Crippen LogP contribution in [0.15, 0.2) is 30.3 Å². The summed E-state index contributed by atoms with van der Waals surface area (Å²) in [6, 6.07) is 7.97. The molecule has 3 nitrogen and oxygen atoms in total. The van der Waals surface area contributed by atoms with E-state index in [-0.39, 0.29) is 43.0 Å². The fourth-order valence-electron chi connectivity index (χ4n) is 0.662. The zero-order chi connectivity index (χ0) is 7.61. The van der Waals surface area contributed by atoms with Gasteiger partial charge in [-0.3, -0.25) is 0 Å². The first kappa shape index (κ1) is 11.8. The van der Waals surface area contributed by atoms with Gasteiger partial charge >= 0.3 is 58.3 Å². The van der Waals surface area contributed by atoms with E-state index in [0.29, 0.717) is 0 Å². The molecule has 1 aromatic carbocycles. The van der Waals surface area contributed by atoms with Crippen LogP contribution in [0, 0.1) is 0 Å². The van der Waals surface area contributed by atoms with E-state index in [1.54, 1.807) is 18.2 Å². The Morgan fingerprint density at radius 2 is 1.36 bits per heavy atom. The molecule has 0 heterocycles. The summed E-state index contributed by atoms with van der Waals surface area (Å²) in [6.45, 7) is 0. The fourth-order valence-corrected chi connectivity index (χ4v) is 1.30. The van der Waals surface area contributed by atoms with E-state index in [1.165, 1.54) is 12.1 Å². The van der Waals surface area contributed by atoms with Crippen molar-refractivity contribution in [2.45, 2.75) is 0 Å². The molecule has 2 radical (unpaired) electrons. The van der Waals surface area contributed by atoms with Gasteiger partial charge in [0.05, 0.1) is 0 Å². The zero-order valence-electron chi connectivity index (χ0n) is 5.94. The molecule has 0 aromatic heterocycles. The van der Waals surface area contributed by atoms with Crippen molar-refractivity contribution in [3.05, 3.63) is 30.3 Å². The van der Waals surface area contributed by atoms with Gasteiger partial charge < -0.3 is 0 Å². The Morgan fingerprint density at radius 3 is 1.64 bits per heavy atom. The van der Waals surface area contributed by atoms with Gasteiger partial charge in [-0.05, 0) is 0 Å². The Kier molecular flexibility index (Phi) is 5.07. The molecular weight excluding hydrogens is 191 g/mol. The summed E-state index contributed by atoms with van der Waals surface area (Å²) < 4.78 is 0. The second kappa shape index (κ2) is 4.73. The van der Waals surface area contributed by atoms with Crippen LogP contribution in [0.2, 0.25) is 0 Å². The van der Waals surface area contributed by atoms with Crippen molar-refractivity contribution < 1.29 is 14.7 Å². The van der Waals surface area contributed by atoms with Crippen molar-refractivity contribution in [1.82, 2.24) is 0 Å². The summed E-state index contributed by atoms with van der Waals surface area (Å²) in [5.41, 5.74) is 0. The number of hydrogen-bond acceptors (Lipinski definition) is 3. The van der Waals surface area contributed by atoms with E-state index in [4.69, 9.17) is 14.7 Å². The van der Waals surface area contributed by atoms with Crippen molar-refractivity contribution >= 4 is 51.0 Å². The minimum absolute atomic E-state index is 0. The normalized spacial score (nSPS) is 11.9. The molecule has 0 aliphatic rings. The SMILES string of the molecule is O[PH](O)(O)c1ccccc1.[Ca]. The number of rotatable bonds is 1. The van der Waals surface area contributed by atoms with Gasteiger partial charge in [-0.1, -0.05) is 0 Å². The van der Waals surface area contributed by atoms with Gasteiger partial charge in [0.25, 0.3) is 0 Å². The van der Waals surface area contributed by atoms with Gasteiger partial charge in [0.15, 0.2) is 0 Å². The molecule has 58 valence electrons. The van der Waals surface area contributed by atoms with Crippen LogP contribution in [0.3, 0.4) is 0 Å². The van der Waals surface area contributed by atoms with E-state index in [9.17, 15) is 0 Å². The van der Waals surface area contributed by atoms with Crippen LogP contribution >= 0.6 is 7.94 Å². The first-order chi connectivity index (χ1) is 4.61. The third-order valence-corrected chi connectivity index (χ3v) is 2.27. The summed E-state index contributed by atoms with van der Waals surface area (Å²) in [5, 5.41) is 0.204. The fraction of sp³-hybridized carbons (Fsp3) is 0. The van der Waals surface area contributed by atoms with E-state index < -0.39 is 7.94 Å². The van der Waals surface area contributed by atoms with Crippen LogP contribution in [0.4, 0.5) is 0 Å². The largest absolute Gasteiger partial charge is 0 e. The maximum Gasteiger partial charge on any atom is 0 e. The second-order valence-electron chi connectivity index (χ2n) is 2.00. The summed E-state index contributed by atoms with van der Waals surface area (Å²) in [6.07, 6.45) is 0. The predicted molar refractivity (Wildman–Crippen MR) is 46.8 cm³/mol. The Morgan fingerprint density at radius 1 is 0.909 bits per heavy atom. The van der Waals surface area contributed by atoms with Crippen molar-refractivity contribution in [1.29, 1.82) is 0 Å². The second-order valence-corrected chi connectivity index (χ2v) is 3.85. The van der Waals surface area contributed by atoms with Crippen molar-refractivity contribution in [2.24, 2.45) is 0 Å². The zero-order valence-corrected chi connectivity index (χ0v) is 9.14. The molecule has 0 unspecified atom stereocenters. The molecule has 0 amide bonds. The van der Waals surface area contributed by atoms with Crippen molar-refractivity contribution in [3.63, 3.8) is 0 Å². The minimum Gasteiger partial charge on any atom is 0 e. The van der Waals surface area contributed by atoms with E-state index in [1.807, 2.05) is 0 Å². The Labute approximate surface area is 95.3 Å². The molecule has 0 spiro atoms. The molecule has 0 saturated carbocycles. The van der Waals surface area contributed by atoms with Crippen LogP contribution < -0.4 is 5.30 Å². The van der Waals surface area contributed by atoms with Gasteiger partial charge in [0.1, 0.15) is 0 Å². The monoisotopic (exact) mass is 200 g/mol. The average molecular weight is 200 g/mol. The topological polar surface area (TPSA) is 60.7 Å². The molecule has 11 heavy (non-hydrogen) atoms. The van der Waals surface area contributed by atoms with Gasteiger partial charge in [0, 0.05) is 37.7 Å². The molecule has 5 heteroatoms. The van der Waals surface area contributed by atoms with Crippen LogP contribution in [0.1, 0.15) is 0 Å². The van der Waals surface area contributed by atoms with E-state index in [0.717, 1.165) is 0 Å². The molecule has 1 aromatic rings. The summed E-state index contributed by atoms with van der Waals surface area (Å²) >= 11 is 0. The molecule has 0 fully saturated rings. The van der Waals surface area contributed by atoms with Crippen molar-refractivity contribution in [2.75, 3.05) is 0 Å². The summed E-state index contributed by atoms with van der Waals surface area (Å²) in [4.78, 5) is 26.2. The van der Waals surface area contributed by atoms with Crippen LogP contribution in [-0.2, 0) is 0 Å². The van der Waals surface area contributed by atoms with Crippen LogP contribution in [-0.4, -0.2) is 52.4 Å². The summed E-state index contributed by atoms with van der Waals surface area (Å²) in [7, 11) is -4.03. The van der Waals surface area contributed by atoms with E-state index in [2.05, 4.69) is 0 Å². The minimum atomic E-state index is -4.03. The molecule has 0 bridgehead atoms. The molecule has 0 aliphatic heterocycles. The molecular formula is C6H9CaO3P. The average Bonchev–Trinajstić information content (AvgIpc) is 1.88. The first-order valence-corrected chi connectivity index (χ1v) is 4.67. The third kappa shape index (κ3) is 3.81. The van der Waals surface area contributed by atoms with E-state index >= 15 is 0 Å². The first-order valence-electron chi connectivity index (χ1n) is 2.83. The van der Waals surface area contributed by atoms with Gasteiger partial charge in [0.2, 0.25) is 0 Å². The Bertz CT molecular complexity index is 209. The summed E-state index contributed by atoms with van der Waals surface area (Å²) in [5.74, 6) is 0. The molecule has 0 atom stereocenters. The van der Waals surface area contributed by atoms with Gasteiger partial charge in [-0.15, -0.1) is 0 Å². The maximum absolute atomic E-state index is 8.74. The van der Waals surface area contributed by atoms with Crippen LogP contribution in [0.25, 0.3) is 0 Å². The van der Waals surface area contributed by atoms with Crippen molar-refractivity contribution in [3.8, 4) is 0 Å². The Hall–Kier alpha value is 0.790. The molecule has 1 rings (SSSR count). The number of benzene rings is 1. The quantitative estimate of drug-likeness (QED) is 0.419. The predicted octanol–water partition coefficient (Wildman–Crippen LogP) is -0.597. The van der Waals surface area contributed by atoms with Gasteiger partial charge in [-0.2, -0.15) is 0 Å². The standard InChI is InChI=1S/C6H9O3P.Ca/c7-10(8,9)6-4-2-1-3-5-6;/h1-5,7-10H;.